The molecule has 0 amide bonds. The molecule has 0 fully saturated rings. The zero-order valence-electron chi connectivity index (χ0n) is 36.4. The molecule has 0 radical (unpaired) electrons. The third kappa shape index (κ3) is 12.5. The molecule has 0 aliphatic heterocycles. The van der Waals surface area contributed by atoms with Crippen molar-refractivity contribution in [1.82, 2.24) is 44.9 Å². The number of hydrogen-bond donors (Lipinski definition) is 3. The van der Waals surface area contributed by atoms with Crippen molar-refractivity contribution in [2.75, 3.05) is 29.5 Å². The molecular weight excluding hydrogens is 825 g/mol. The fraction of sp³-hybridized carbons (Fsp3) is 0.188. The van der Waals surface area contributed by atoms with Crippen LogP contribution >= 0.6 is 0 Å². The Labute approximate surface area is 393 Å². The van der Waals surface area contributed by atoms with E-state index in [1.54, 1.807) is 36.4 Å². The predicted octanol–water partition coefficient (Wildman–Crippen LogP) is 7.96. The van der Waals surface area contributed by atoms with Crippen molar-refractivity contribution in [1.29, 1.82) is 0 Å². The van der Waals surface area contributed by atoms with Crippen molar-refractivity contribution in [3.8, 4) is 33.8 Å². The van der Waals surface area contributed by atoms with Crippen LogP contribution in [0.2, 0.25) is 0 Å². The number of benzene rings is 3. The maximum absolute atomic E-state index is 13.4. The largest absolute Gasteiger partial charge is 1.00 e. The quantitative estimate of drug-likeness (QED) is 0.120. The van der Waals surface area contributed by atoms with Crippen LogP contribution in [0.1, 0.15) is 36.5 Å². The van der Waals surface area contributed by atoms with Crippen LogP contribution in [-0.4, -0.2) is 57.9 Å². The first kappa shape index (κ1) is 48.4. The van der Waals surface area contributed by atoms with Crippen LogP contribution in [0.3, 0.4) is 0 Å². The molecule has 0 saturated carbocycles. The fourth-order valence-electron chi connectivity index (χ4n) is 6.13. The van der Waals surface area contributed by atoms with Crippen LogP contribution in [0.25, 0.3) is 66.9 Å². The molecule has 9 aromatic rings. The molecule has 9 rings (SSSR count). The number of aromatic nitrogens is 9. The Hall–Kier alpha value is -6.68. The summed E-state index contributed by atoms with van der Waals surface area (Å²) < 4.78 is 40.0. The summed E-state index contributed by atoms with van der Waals surface area (Å²) in [4.78, 5) is 38.6. The van der Waals surface area contributed by atoms with Crippen LogP contribution in [0.5, 0.6) is 0 Å². The van der Waals surface area contributed by atoms with E-state index in [4.69, 9.17) is 5.73 Å². The number of nitrogen functional groups attached to an aromatic ring is 1. The third-order valence-corrected chi connectivity index (χ3v) is 9.19. The first-order valence-corrected chi connectivity index (χ1v) is 19.9. The molecular formula is C48H48F3N12Na. The molecule has 4 N–H and O–H groups in total. The third-order valence-electron chi connectivity index (χ3n) is 9.19. The van der Waals surface area contributed by atoms with E-state index < -0.39 is 0 Å². The monoisotopic (exact) mass is 872 g/mol. The van der Waals surface area contributed by atoms with Crippen LogP contribution in [0, 0.1) is 29.3 Å². The van der Waals surface area contributed by atoms with E-state index >= 15 is 0 Å². The Morgan fingerprint density at radius 1 is 0.484 bits per heavy atom. The Kier molecular flexibility index (Phi) is 17.1. The Bertz CT molecular complexity index is 2840. The summed E-state index contributed by atoms with van der Waals surface area (Å²) in [7, 11) is 0. The SMILES string of the molecule is C.CC(C)CNc1ncnc2ccc(-c3cccc(F)c3)nc12.CC(C)CNc1ncnc2ccc(-c3cccc(F)c3)nc12.Nc1ncnc2ccc(-c3cccc(F)c3)nc12.[H-].[Na+]. The standard InChI is InChI=1S/2C17H17FN4.C13H9FN4.CH4.Na.H/c2*1-11(2)9-19-17-16-15(20-10-21-17)7-6-14(22-16)12-4-3-5-13(18)8-12;14-9-3-1-2-8(6-9)10-4-5-11-12(18-10)13(15)17-7-16-11;;;/h2*3-8,10-11H,9H2,1-2H3,(H,19,20,21);1-7H,(H2,15,16,17);1H4;;/q;;;;+1;-1. The van der Waals surface area contributed by atoms with Crippen molar-refractivity contribution < 1.29 is 44.2 Å². The molecule has 16 heteroatoms. The van der Waals surface area contributed by atoms with Crippen LogP contribution in [0.4, 0.5) is 30.6 Å². The number of nitrogens with zero attached hydrogens (tertiary/aromatic N) is 9. The first-order chi connectivity index (χ1) is 30.0. The molecule has 12 nitrogen and oxygen atoms in total. The van der Waals surface area contributed by atoms with Gasteiger partial charge in [-0.25, -0.2) is 58.0 Å². The van der Waals surface area contributed by atoms with Gasteiger partial charge in [0.25, 0.3) is 0 Å². The second kappa shape index (κ2) is 22.6. The molecule has 0 aliphatic rings. The number of anilines is 3. The Morgan fingerprint density at radius 3 is 1.19 bits per heavy atom. The molecule has 64 heavy (non-hydrogen) atoms. The van der Waals surface area contributed by atoms with E-state index in [0.717, 1.165) is 35.2 Å². The fourth-order valence-corrected chi connectivity index (χ4v) is 6.13. The number of nitrogens with one attached hydrogen (secondary N) is 2. The summed E-state index contributed by atoms with van der Waals surface area (Å²) in [5, 5.41) is 6.58. The van der Waals surface area contributed by atoms with Gasteiger partial charge in [0.1, 0.15) is 53.0 Å². The minimum absolute atomic E-state index is 0. The second-order valence-corrected chi connectivity index (χ2v) is 15.0. The van der Waals surface area contributed by atoms with Gasteiger partial charge >= 0.3 is 29.6 Å². The average Bonchev–Trinajstić information content (AvgIpc) is 3.27. The molecule has 322 valence electrons. The van der Waals surface area contributed by atoms with Crippen LogP contribution in [-0.2, 0) is 0 Å². The maximum Gasteiger partial charge on any atom is 1.00 e. The van der Waals surface area contributed by atoms with Gasteiger partial charge in [-0.2, -0.15) is 0 Å². The topological polar surface area (TPSA) is 166 Å². The van der Waals surface area contributed by atoms with E-state index in [9.17, 15) is 13.2 Å². The normalized spacial score (nSPS) is 10.6. The summed E-state index contributed by atoms with van der Waals surface area (Å²) >= 11 is 0. The Morgan fingerprint density at radius 2 is 0.828 bits per heavy atom. The van der Waals surface area contributed by atoms with Gasteiger partial charge < -0.3 is 17.8 Å². The molecule has 3 aromatic carbocycles. The van der Waals surface area contributed by atoms with Gasteiger partial charge in [0.05, 0.1) is 33.6 Å². The molecule has 0 bridgehead atoms. The first-order valence-electron chi connectivity index (χ1n) is 19.9. The van der Waals surface area contributed by atoms with Crippen molar-refractivity contribution in [3.63, 3.8) is 0 Å². The molecule has 0 unspecified atom stereocenters. The minimum Gasteiger partial charge on any atom is -1.00 e. The Balaban J connectivity index is 0.000000210. The summed E-state index contributed by atoms with van der Waals surface area (Å²) in [5.74, 6) is 1.87. The summed E-state index contributed by atoms with van der Waals surface area (Å²) in [6, 6.07) is 30.1. The molecule has 0 aliphatic carbocycles. The van der Waals surface area contributed by atoms with Gasteiger partial charge in [0.15, 0.2) is 17.5 Å². The zero-order valence-corrected chi connectivity index (χ0v) is 37.4. The van der Waals surface area contributed by atoms with E-state index in [-0.39, 0.29) is 55.9 Å². The maximum atomic E-state index is 13.4. The van der Waals surface area contributed by atoms with Crippen LogP contribution in [0.15, 0.2) is 128 Å². The van der Waals surface area contributed by atoms with Crippen molar-refractivity contribution in [3.05, 3.63) is 146 Å². The smallest absolute Gasteiger partial charge is 1.00 e. The van der Waals surface area contributed by atoms with Crippen molar-refractivity contribution in [2.24, 2.45) is 11.8 Å². The number of hydrogen-bond acceptors (Lipinski definition) is 12. The summed E-state index contributed by atoms with van der Waals surface area (Å²) in [6.07, 6.45) is 4.43. The summed E-state index contributed by atoms with van der Waals surface area (Å²) in [6.45, 7) is 10.1. The molecule has 0 saturated heterocycles. The molecule has 6 heterocycles. The van der Waals surface area contributed by atoms with E-state index in [2.05, 4.69) is 83.2 Å². The van der Waals surface area contributed by atoms with Crippen molar-refractivity contribution in [2.45, 2.75) is 35.1 Å². The van der Waals surface area contributed by atoms with E-state index in [1.165, 1.54) is 55.4 Å². The van der Waals surface area contributed by atoms with Crippen LogP contribution < -0.4 is 45.9 Å². The second-order valence-electron chi connectivity index (χ2n) is 15.0. The number of nitrogens with two attached hydrogens (primary N) is 1. The minimum atomic E-state index is -0.299. The van der Waals surface area contributed by atoms with Gasteiger partial charge in [-0.1, -0.05) is 71.5 Å². The number of fused-ring (bicyclic) bond motifs is 3. The van der Waals surface area contributed by atoms with E-state index in [0.29, 0.717) is 74.0 Å². The van der Waals surface area contributed by atoms with Gasteiger partial charge in [-0.3, -0.25) is 0 Å². The van der Waals surface area contributed by atoms with Crippen molar-refractivity contribution >= 4 is 50.6 Å². The van der Waals surface area contributed by atoms with Gasteiger partial charge in [-0.05, 0) is 84.6 Å². The average molecular weight is 873 g/mol. The molecule has 6 aromatic heterocycles. The number of rotatable bonds is 9. The van der Waals surface area contributed by atoms with Gasteiger partial charge in [0.2, 0.25) is 0 Å². The zero-order chi connectivity index (χ0) is 43.6. The molecule has 0 spiro atoms. The molecule has 0 atom stereocenters. The van der Waals surface area contributed by atoms with Gasteiger partial charge in [-0.15, -0.1) is 0 Å². The predicted molar refractivity (Wildman–Crippen MR) is 247 cm³/mol. The number of halogens is 3. The number of pyridine rings is 3. The van der Waals surface area contributed by atoms with E-state index in [1.807, 2.05) is 36.4 Å². The van der Waals surface area contributed by atoms with Gasteiger partial charge in [0, 0.05) is 29.8 Å². The summed E-state index contributed by atoms with van der Waals surface area (Å²) in [5.41, 5.74) is 14.1.